The molecule has 0 aromatic carbocycles. The molecule has 2 heteroatoms. The van der Waals surface area contributed by atoms with E-state index in [4.69, 9.17) is 4.74 Å². The van der Waals surface area contributed by atoms with Crippen LogP contribution in [0.2, 0.25) is 0 Å². The van der Waals surface area contributed by atoms with Gasteiger partial charge < -0.3 is 4.74 Å². The summed E-state index contributed by atoms with van der Waals surface area (Å²) in [5.74, 6) is 2.17. The summed E-state index contributed by atoms with van der Waals surface area (Å²) in [6.07, 6.45) is 5.87. The maximum atomic E-state index is 5.79. The van der Waals surface area contributed by atoms with Crippen LogP contribution in [0, 0.1) is 5.92 Å². The zero-order chi connectivity index (χ0) is 9.68. The molecule has 0 amide bonds. The first-order valence-corrected chi connectivity index (χ1v) is 6.56. The monoisotopic (exact) mass is 202 g/mol. The average Bonchev–Trinajstić information content (AvgIpc) is 2.06. The molecular formula is C11H22OS. The van der Waals surface area contributed by atoms with Gasteiger partial charge in [0, 0.05) is 11.7 Å². The van der Waals surface area contributed by atoms with E-state index in [9.17, 15) is 0 Å². The highest BCUT2D eigenvalue weighted by Gasteiger charge is 2.32. The van der Waals surface area contributed by atoms with E-state index in [1.165, 1.54) is 31.4 Å². The summed E-state index contributed by atoms with van der Waals surface area (Å²) in [5, 5.41) is 0. The summed E-state index contributed by atoms with van der Waals surface area (Å²) in [6.45, 7) is 6.52. The van der Waals surface area contributed by atoms with Crippen LogP contribution in [0.15, 0.2) is 0 Å². The molecule has 1 saturated heterocycles. The maximum Gasteiger partial charge on any atom is 0.107 e. The minimum atomic E-state index is 0.395. The maximum absolute atomic E-state index is 5.79. The van der Waals surface area contributed by atoms with E-state index in [2.05, 4.69) is 20.8 Å². The zero-order valence-corrected chi connectivity index (χ0v) is 9.90. The van der Waals surface area contributed by atoms with Crippen molar-refractivity contribution in [3.8, 4) is 0 Å². The molecule has 0 aliphatic carbocycles. The molecule has 0 radical (unpaired) electrons. The van der Waals surface area contributed by atoms with Crippen LogP contribution in [-0.2, 0) is 4.74 Å². The van der Waals surface area contributed by atoms with Gasteiger partial charge in [0.25, 0.3) is 0 Å². The fraction of sp³-hybridized carbons (Fsp3) is 1.00. The van der Waals surface area contributed by atoms with E-state index < -0.39 is 0 Å². The fourth-order valence-electron chi connectivity index (χ4n) is 1.61. The Bertz CT molecular complexity index is 136. The van der Waals surface area contributed by atoms with Crippen LogP contribution in [0.1, 0.15) is 46.5 Å². The van der Waals surface area contributed by atoms with Crippen LogP contribution >= 0.6 is 11.8 Å². The van der Waals surface area contributed by atoms with Crippen LogP contribution < -0.4 is 0 Å². The Hall–Kier alpha value is 0.310. The number of ether oxygens (including phenoxy) is 1. The van der Waals surface area contributed by atoms with Crippen molar-refractivity contribution < 1.29 is 4.74 Å². The average molecular weight is 202 g/mol. The summed E-state index contributed by atoms with van der Waals surface area (Å²) in [6, 6.07) is 0. The molecular weight excluding hydrogens is 180 g/mol. The number of unbranched alkanes of at least 4 members (excludes halogenated alkanes) is 2. The van der Waals surface area contributed by atoms with Crippen molar-refractivity contribution in [1.29, 1.82) is 0 Å². The van der Waals surface area contributed by atoms with Crippen LogP contribution in [-0.4, -0.2) is 17.3 Å². The smallest absolute Gasteiger partial charge is 0.107 e. The second kappa shape index (κ2) is 5.92. The highest BCUT2D eigenvalue weighted by molar-refractivity contribution is 8.01. The molecule has 13 heavy (non-hydrogen) atoms. The SMILES string of the molecule is CCCCCC1CSC1OC(C)C. The van der Waals surface area contributed by atoms with Crippen molar-refractivity contribution in [2.45, 2.75) is 58.0 Å². The lowest BCUT2D eigenvalue weighted by atomic mass is 10.0. The first kappa shape index (κ1) is 11.4. The molecule has 1 fully saturated rings. The van der Waals surface area contributed by atoms with E-state index in [0.717, 1.165) is 5.92 Å². The van der Waals surface area contributed by atoms with Crippen LogP contribution in [0.4, 0.5) is 0 Å². The topological polar surface area (TPSA) is 9.23 Å². The lowest BCUT2D eigenvalue weighted by Gasteiger charge is -2.37. The molecule has 0 aromatic rings. The lowest BCUT2D eigenvalue weighted by Crippen LogP contribution is -2.34. The predicted octanol–water partition coefficient (Wildman–Crippen LogP) is 3.68. The molecule has 0 aromatic heterocycles. The minimum absolute atomic E-state index is 0.395. The summed E-state index contributed by atoms with van der Waals surface area (Å²) in [5.41, 5.74) is 0.511. The molecule has 2 atom stereocenters. The van der Waals surface area contributed by atoms with Gasteiger partial charge in [-0.05, 0) is 20.3 Å². The first-order valence-electron chi connectivity index (χ1n) is 5.51. The van der Waals surface area contributed by atoms with Gasteiger partial charge in [-0.25, -0.2) is 0 Å². The van der Waals surface area contributed by atoms with Gasteiger partial charge in [-0.2, -0.15) is 0 Å². The van der Waals surface area contributed by atoms with Crippen molar-refractivity contribution in [2.75, 3.05) is 5.75 Å². The molecule has 1 heterocycles. The number of hydrogen-bond acceptors (Lipinski definition) is 2. The molecule has 0 spiro atoms. The Morgan fingerprint density at radius 2 is 2.15 bits per heavy atom. The third-order valence-corrected chi connectivity index (χ3v) is 3.89. The second-order valence-electron chi connectivity index (χ2n) is 4.14. The van der Waals surface area contributed by atoms with Crippen LogP contribution in [0.5, 0.6) is 0 Å². The van der Waals surface area contributed by atoms with E-state index in [1.807, 2.05) is 11.8 Å². The quantitative estimate of drug-likeness (QED) is 0.608. The van der Waals surface area contributed by atoms with Gasteiger partial charge in [0.05, 0.1) is 6.10 Å². The largest absolute Gasteiger partial charge is 0.365 e. The minimum Gasteiger partial charge on any atom is -0.365 e. The standard InChI is InChI=1S/C11H22OS/c1-4-5-6-7-10-8-13-11(10)12-9(2)3/h9-11H,4-8H2,1-3H3. The highest BCUT2D eigenvalue weighted by Crippen LogP contribution is 2.39. The summed E-state index contributed by atoms with van der Waals surface area (Å²) in [7, 11) is 0. The van der Waals surface area contributed by atoms with Gasteiger partial charge in [-0.15, -0.1) is 11.8 Å². The van der Waals surface area contributed by atoms with Gasteiger partial charge in [0.2, 0.25) is 0 Å². The predicted molar refractivity (Wildman–Crippen MR) is 60.1 cm³/mol. The molecule has 0 N–H and O–H groups in total. The van der Waals surface area contributed by atoms with Gasteiger partial charge in [-0.3, -0.25) is 0 Å². The first-order chi connectivity index (χ1) is 6.24. The molecule has 0 bridgehead atoms. The Kier molecular flexibility index (Phi) is 5.18. The van der Waals surface area contributed by atoms with Crippen LogP contribution in [0.3, 0.4) is 0 Å². The van der Waals surface area contributed by atoms with E-state index >= 15 is 0 Å². The molecule has 1 nitrogen and oxygen atoms in total. The highest BCUT2D eigenvalue weighted by atomic mass is 32.2. The Labute approximate surface area is 86.6 Å². The fourth-order valence-corrected chi connectivity index (χ4v) is 2.83. The van der Waals surface area contributed by atoms with E-state index in [1.54, 1.807) is 0 Å². The van der Waals surface area contributed by atoms with Crippen molar-refractivity contribution in [3.05, 3.63) is 0 Å². The second-order valence-corrected chi connectivity index (χ2v) is 5.27. The lowest BCUT2D eigenvalue weighted by molar-refractivity contribution is 0.0204. The normalized spacial score (nSPS) is 27.7. The van der Waals surface area contributed by atoms with Gasteiger partial charge in [0.1, 0.15) is 5.44 Å². The summed E-state index contributed by atoms with van der Waals surface area (Å²) < 4.78 is 5.79. The summed E-state index contributed by atoms with van der Waals surface area (Å²) >= 11 is 1.98. The molecule has 1 aliphatic rings. The number of thioether (sulfide) groups is 1. The Balaban J connectivity index is 2.06. The van der Waals surface area contributed by atoms with Crippen molar-refractivity contribution >= 4 is 11.8 Å². The third-order valence-electron chi connectivity index (χ3n) is 2.44. The molecule has 78 valence electrons. The van der Waals surface area contributed by atoms with Crippen molar-refractivity contribution in [2.24, 2.45) is 5.92 Å². The molecule has 1 rings (SSSR count). The van der Waals surface area contributed by atoms with Gasteiger partial charge in [0.15, 0.2) is 0 Å². The van der Waals surface area contributed by atoms with Crippen molar-refractivity contribution in [3.63, 3.8) is 0 Å². The molecule has 0 saturated carbocycles. The Morgan fingerprint density at radius 3 is 2.62 bits per heavy atom. The summed E-state index contributed by atoms with van der Waals surface area (Å²) in [4.78, 5) is 0. The Morgan fingerprint density at radius 1 is 1.38 bits per heavy atom. The van der Waals surface area contributed by atoms with Gasteiger partial charge in [-0.1, -0.05) is 26.2 Å². The van der Waals surface area contributed by atoms with Crippen LogP contribution in [0.25, 0.3) is 0 Å². The van der Waals surface area contributed by atoms with Gasteiger partial charge >= 0.3 is 0 Å². The number of rotatable bonds is 6. The number of hydrogen-bond donors (Lipinski definition) is 0. The van der Waals surface area contributed by atoms with E-state index in [0.29, 0.717) is 11.5 Å². The third kappa shape index (κ3) is 3.90. The molecule has 1 aliphatic heterocycles. The van der Waals surface area contributed by atoms with Crippen molar-refractivity contribution in [1.82, 2.24) is 0 Å². The zero-order valence-electron chi connectivity index (χ0n) is 9.08. The molecule has 2 unspecified atom stereocenters. The van der Waals surface area contributed by atoms with E-state index in [-0.39, 0.29) is 0 Å².